The van der Waals surface area contributed by atoms with E-state index in [0.717, 1.165) is 29.0 Å². The molecule has 8 heteroatoms. The number of carbonyl (C=O) groups excluding carboxylic acids is 1. The van der Waals surface area contributed by atoms with Crippen LogP contribution in [0.25, 0.3) is 11.3 Å². The Morgan fingerprint density at radius 3 is 2.35 bits per heavy atom. The van der Waals surface area contributed by atoms with Gasteiger partial charge in [-0.15, -0.1) is 0 Å². The largest absolute Gasteiger partial charge is 0.494 e. The molecule has 7 nitrogen and oxygen atoms in total. The molecular weight excluding hydrogens is 429 g/mol. The fourth-order valence-corrected chi connectivity index (χ4v) is 5.17. The summed E-state index contributed by atoms with van der Waals surface area (Å²) in [5, 5.41) is 0. The van der Waals surface area contributed by atoms with Gasteiger partial charge in [0, 0.05) is 6.04 Å². The first-order chi connectivity index (χ1) is 15.8. The van der Waals surface area contributed by atoms with Gasteiger partial charge in [0.25, 0.3) is 0 Å². The van der Waals surface area contributed by atoms with Crippen LogP contribution in [0.1, 0.15) is 73.7 Å². The lowest BCUT2D eigenvalue weighted by Gasteiger charge is -2.32. The zero-order valence-electron chi connectivity index (χ0n) is 21.5. The standard InChI is InChI=1S/C26H36BN3O4/c1-15-18-13-20(30(21(15)18)23(31)32-24(2,3)4)22-28-14-19(29-22)16-9-11-17(12-10-16)27-33-25(5,6)26(7,8)34-27/h9-12,14-15,18,20-21H,13H2,1-8H3,(H,28,29)/t15-,18?,20+,21?/m1/s1. The Morgan fingerprint density at radius 2 is 1.76 bits per heavy atom. The number of hydrogen-bond donors (Lipinski definition) is 1. The van der Waals surface area contributed by atoms with E-state index in [1.54, 1.807) is 0 Å². The third kappa shape index (κ3) is 3.95. The number of aromatic nitrogens is 2. The van der Waals surface area contributed by atoms with Crippen molar-refractivity contribution in [2.45, 2.75) is 90.7 Å². The normalized spacial score (nSPS) is 29.3. The number of likely N-dealkylation sites (tertiary alicyclic amines) is 1. The van der Waals surface area contributed by atoms with Crippen molar-refractivity contribution in [3.8, 4) is 11.3 Å². The number of ether oxygens (including phenoxy) is 1. The van der Waals surface area contributed by atoms with Crippen molar-refractivity contribution in [2.75, 3.05) is 0 Å². The smallest absolute Gasteiger partial charge is 0.444 e. The van der Waals surface area contributed by atoms with Crippen LogP contribution in [0.5, 0.6) is 0 Å². The zero-order valence-corrected chi connectivity index (χ0v) is 21.5. The summed E-state index contributed by atoms with van der Waals surface area (Å²) in [6.07, 6.45) is 2.51. The number of fused-ring (bicyclic) bond motifs is 1. The van der Waals surface area contributed by atoms with Gasteiger partial charge in [0.1, 0.15) is 11.4 Å². The molecule has 1 aliphatic carbocycles. The summed E-state index contributed by atoms with van der Waals surface area (Å²) in [6.45, 7) is 16.2. The van der Waals surface area contributed by atoms with Crippen LogP contribution in [0.3, 0.4) is 0 Å². The van der Waals surface area contributed by atoms with Gasteiger partial charge in [-0.1, -0.05) is 31.2 Å². The van der Waals surface area contributed by atoms with Crippen LogP contribution >= 0.6 is 0 Å². The van der Waals surface area contributed by atoms with Crippen molar-refractivity contribution in [1.29, 1.82) is 0 Å². The summed E-state index contributed by atoms with van der Waals surface area (Å²) >= 11 is 0. The molecule has 1 aromatic heterocycles. The minimum Gasteiger partial charge on any atom is -0.444 e. The van der Waals surface area contributed by atoms with E-state index in [9.17, 15) is 4.79 Å². The fraction of sp³-hybridized carbons (Fsp3) is 0.615. The van der Waals surface area contributed by atoms with Gasteiger partial charge in [-0.25, -0.2) is 9.78 Å². The van der Waals surface area contributed by atoms with Gasteiger partial charge in [0.15, 0.2) is 0 Å². The van der Waals surface area contributed by atoms with E-state index in [0.29, 0.717) is 11.8 Å². The van der Waals surface area contributed by atoms with Crippen LogP contribution in [0, 0.1) is 11.8 Å². The average Bonchev–Trinajstić information content (AvgIpc) is 3.13. The van der Waals surface area contributed by atoms with Crippen LogP contribution in [-0.4, -0.2) is 50.9 Å². The zero-order chi connectivity index (χ0) is 24.6. The first-order valence-corrected chi connectivity index (χ1v) is 12.3. The number of benzene rings is 1. The maximum Gasteiger partial charge on any atom is 0.494 e. The minimum absolute atomic E-state index is 0.0844. The molecule has 5 rings (SSSR count). The molecule has 34 heavy (non-hydrogen) atoms. The topological polar surface area (TPSA) is 76.7 Å². The molecule has 2 saturated heterocycles. The van der Waals surface area contributed by atoms with Crippen molar-refractivity contribution in [3.63, 3.8) is 0 Å². The van der Waals surface area contributed by atoms with Crippen molar-refractivity contribution in [3.05, 3.63) is 36.3 Å². The fourth-order valence-electron chi connectivity index (χ4n) is 5.17. The highest BCUT2D eigenvalue weighted by atomic mass is 16.7. The molecule has 3 heterocycles. The minimum atomic E-state index is -0.523. The number of piperidine rings is 1. The number of hydrogen-bond acceptors (Lipinski definition) is 5. The summed E-state index contributed by atoms with van der Waals surface area (Å²) in [5.74, 6) is 1.85. The van der Waals surface area contributed by atoms with Crippen molar-refractivity contribution >= 4 is 18.7 Å². The Hall–Kier alpha value is -2.32. The predicted octanol–water partition coefficient (Wildman–Crippen LogP) is 4.69. The second kappa shape index (κ2) is 7.59. The molecule has 4 atom stereocenters. The number of rotatable bonds is 3. The van der Waals surface area contributed by atoms with Gasteiger partial charge in [0.2, 0.25) is 0 Å². The van der Waals surface area contributed by atoms with E-state index in [1.807, 2.05) is 44.0 Å². The number of nitrogens with zero attached hydrogens (tertiary/aromatic N) is 2. The van der Waals surface area contributed by atoms with Crippen LogP contribution < -0.4 is 5.46 Å². The lowest BCUT2D eigenvalue weighted by Crippen LogP contribution is -2.41. The van der Waals surface area contributed by atoms with Crippen molar-refractivity contribution < 1.29 is 18.8 Å². The van der Waals surface area contributed by atoms with Crippen LogP contribution in [0.15, 0.2) is 30.5 Å². The van der Waals surface area contributed by atoms with Crippen molar-refractivity contribution in [1.82, 2.24) is 14.9 Å². The Balaban J connectivity index is 1.33. The number of nitrogens with one attached hydrogen (secondary N) is 1. The molecule has 2 aliphatic heterocycles. The second-order valence-corrected chi connectivity index (χ2v) is 12.0. The van der Waals surface area contributed by atoms with Gasteiger partial charge in [0.05, 0.1) is 29.1 Å². The maximum atomic E-state index is 13.0. The summed E-state index contributed by atoms with van der Waals surface area (Å²) in [7, 11) is -0.383. The second-order valence-electron chi connectivity index (χ2n) is 12.0. The van der Waals surface area contributed by atoms with Crippen LogP contribution in [0.4, 0.5) is 4.79 Å². The molecule has 182 valence electrons. The van der Waals surface area contributed by atoms with E-state index in [4.69, 9.17) is 14.0 Å². The Bertz CT molecular complexity index is 1070. The molecule has 0 spiro atoms. The number of carbonyl (C=O) groups is 1. The lowest BCUT2D eigenvalue weighted by atomic mass is 9.79. The van der Waals surface area contributed by atoms with E-state index in [1.165, 1.54) is 0 Å². The summed E-state index contributed by atoms with van der Waals surface area (Å²) < 4.78 is 18.1. The molecule has 2 aromatic rings. The molecule has 1 amide bonds. The average molecular weight is 465 g/mol. The first-order valence-electron chi connectivity index (χ1n) is 12.3. The molecule has 0 bridgehead atoms. The lowest BCUT2D eigenvalue weighted by molar-refractivity contribution is 0.00578. The number of H-pyrrole nitrogens is 1. The van der Waals surface area contributed by atoms with Crippen LogP contribution in [0.2, 0.25) is 0 Å². The summed E-state index contributed by atoms with van der Waals surface area (Å²) in [5.41, 5.74) is 1.68. The number of imidazole rings is 1. The van der Waals surface area contributed by atoms with Gasteiger partial charge in [-0.3, -0.25) is 4.90 Å². The van der Waals surface area contributed by atoms with Gasteiger partial charge >= 0.3 is 13.2 Å². The SMILES string of the molecule is C[C@@H]1C2C[C@@H](c3ncc(-c4ccc(B5OC(C)(C)C(C)(C)O5)cc4)[nH]3)N(C(=O)OC(C)(C)C)C21. The summed E-state index contributed by atoms with van der Waals surface area (Å²) in [4.78, 5) is 23.0. The Labute approximate surface area is 202 Å². The van der Waals surface area contributed by atoms with E-state index in [2.05, 4.69) is 56.7 Å². The molecule has 2 unspecified atom stereocenters. The monoisotopic (exact) mass is 465 g/mol. The summed E-state index contributed by atoms with van der Waals surface area (Å²) in [6, 6.07) is 8.34. The molecule has 1 saturated carbocycles. The number of aromatic amines is 1. The molecule has 1 aromatic carbocycles. The van der Waals surface area contributed by atoms with E-state index < -0.39 is 5.60 Å². The van der Waals surface area contributed by atoms with Gasteiger partial charge in [-0.05, 0) is 77.7 Å². The molecule has 0 radical (unpaired) electrons. The third-order valence-corrected chi connectivity index (χ3v) is 7.93. The first kappa shape index (κ1) is 23.4. The molecule has 1 N–H and O–H groups in total. The van der Waals surface area contributed by atoms with Crippen molar-refractivity contribution in [2.24, 2.45) is 11.8 Å². The maximum absolute atomic E-state index is 13.0. The van der Waals surface area contributed by atoms with E-state index in [-0.39, 0.29) is 36.5 Å². The number of amides is 1. The Kier molecular flexibility index (Phi) is 5.23. The predicted molar refractivity (Wildman–Crippen MR) is 132 cm³/mol. The van der Waals surface area contributed by atoms with Crippen LogP contribution in [-0.2, 0) is 14.0 Å². The highest BCUT2D eigenvalue weighted by molar-refractivity contribution is 6.62. The quantitative estimate of drug-likeness (QED) is 0.666. The molecule has 3 aliphatic rings. The highest BCUT2D eigenvalue weighted by Crippen LogP contribution is 2.57. The van der Waals surface area contributed by atoms with Gasteiger partial charge in [-0.2, -0.15) is 0 Å². The van der Waals surface area contributed by atoms with Gasteiger partial charge < -0.3 is 19.0 Å². The highest BCUT2D eigenvalue weighted by Gasteiger charge is 2.61. The third-order valence-electron chi connectivity index (χ3n) is 7.93. The molecular formula is C26H36BN3O4. The van der Waals surface area contributed by atoms with E-state index >= 15 is 0 Å². The molecule has 3 fully saturated rings. The Morgan fingerprint density at radius 1 is 1.15 bits per heavy atom.